The summed E-state index contributed by atoms with van der Waals surface area (Å²) >= 11 is 18.0. The molecular weight excluding hydrogens is 317 g/mol. The number of phenols is 1. The Bertz CT molecular complexity index is 596. The van der Waals surface area contributed by atoms with E-state index in [9.17, 15) is 5.11 Å². The molecule has 0 amide bonds. The molecule has 2 rings (SSSR count). The van der Waals surface area contributed by atoms with Gasteiger partial charge >= 0.3 is 0 Å². The Balaban J connectivity index is 2.08. The van der Waals surface area contributed by atoms with Gasteiger partial charge in [0.1, 0.15) is 5.75 Å². The van der Waals surface area contributed by atoms with Crippen LogP contribution >= 0.6 is 34.8 Å². The predicted octanol–water partition coefficient (Wildman–Crippen LogP) is 5.20. The van der Waals surface area contributed by atoms with Crippen molar-refractivity contribution in [3.8, 4) is 5.75 Å². The summed E-state index contributed by atoms with van der Waals surface area (Å²) in [4.78, 5) is 0. The summed E-state index contributed by atoms with van der Waals surface area (Å²) in [6, 6.07) is 10.6. The van der Waals surface area contributed by atoms with Crippen molar-refractivity contribution in [1.29, 1.82) is 0 Å². The number of rotatable bonds is 4. The van der Waals surface area contributed by atoms with Gasteiger partial charge in [0.05, 0.1) is 10.0 Å². The molecule has 0 aliphatic heterocycles. The SMILES string of the molecule is CC(NCc1c(O)cccc1Cl)c1ccc(Cl)c(Cl)c1. The zero-order valence-electron chi connectivity index (χ0n) is 10.8. The second-order valence-electron chi connectivity index (χ2n) is 4.51. The van der Waals surface area contributed by atoms with Gasteiger partial charge in [0.15, 0.2) is 0 Å². The van der Waals surface area contributed by atoms with Crippen LogP contribution in [0.4, 0.5) is 0 Å². The van der Waals surface area contributed by atoms with Gasteiger partial charge in [0.2, 0.25) is 0 Å². The van der Waals surface area contributed by atoms with Crippen LogP contribution in [0.15, 0.2) is 36.4 Å². The highest BCUT2D eigenvalue weighted by atomic mass is 35.5. The predicted molar refractivity (Wildman–Crippen MR) is 84.8 cm³/mol. The smallest absolute Gasteiger partial charge is 0.121 e. The van der Waals surface area contributed by atoms with Gasteiger partial charge in [-0.25, -0.2) is 0 Å². The van der Waals surface area contributed by atoms with Gasteiger partial charge in [0, 0.05) is 23.2 Å². The molecule has 20 heavy (non-hydrogen) atoms. The quantitative estimate of drug-likeness (QED) is 0.807. The first-order chi connectivity index (χ1) is 9.49. The van der Waals surface area contributed by atoms with E-state index in [2.05, 4.69) is 5.32 Å². The maximum absolute atomic E-state index is 9.79. The molecule has 1 unspecified atom stereocenters. The van der Waals surface area contributed by atoms with E-state index in [0.29, 0.717) is 27.2 Å². The van der Waals surface area contributed by atoms with Crippen molar-refractivity contribution >= 4 is 34.8 Å². The number of phenolic OH excluding ortho intramolecular Hbond substituents is 1. The average molecular weight is 331 g/mol. The van der Waals surface area contributed by atoms with E-state index in [1.165, 1.54) is 0 Å². The number of aromatic hydroxyl groups is 1. The van der Waals surface area contributed by atoms with Gasteiger partial charge in [-0.05, 0) is 36.8 Å². The fraction of sp³-hybridized carbons (Fsp3) is 0.200. The summed E-state index contributed by atoms with van der Waals surface area (Å²) in [5.41, 5.74) is 1.70. The molecule has 2 aromatic rings. The molecule has 0 aromatic heterocycles. The molecule has 106 valence electrons. The van der Waals surface area contributed by atoms with E-state index in [-0.39, 0.29) is 11.8 Å². The third-order valence-corrected chi connectivity index (χ3v) is 4.22. The van der Waals surface area contributed by atoms with Crippen molar-refractivity contribution in [3.05, 3.63) is 62.6 Å². The molecule has 1 atom stereocenters. The molecule has 0 bridgehead atoms. The number of hydrogen-bond acceptors (Lipinski definition) is 2. The number of halogens is 3. The zero-order chi connectivity index (χ0) is 14.7. The Morgan fingerprint density at radius 3 is 2.45 bits per heavy atom. The van der Waals surface area contributed by atoms with E-state index < -0.39 is 0 Å². The van der Waals surface area contributed by atoms with Crippen molar-refractivity contribution in [3.63, 3.8) is 0 Å². The Labute approximate surface area is 133 Å². The summed E-state index contributed by atoms with van der Waals surface area (Å²) in [6.45, 7) is 2.47. The molecule has 0 saturated carbocycles. The van der Waals surface area contributed by atoms with Crippen LogP contribution in [-0.4, -0.2) is 5.11 Å². The van der Waals surface area contributed by atoms with E-state index in [1.54, 1.807) is 24.3 Å². The maximum Gasteiger partial charge on any atom is 0.121 e. The van der Waals surface area contributed by atoms with Crippen molar-refractivity contribution < 1.29 is 5.11 Å². The highest BCUT2D eigenvalue weighted by Gasteiger charge is 2.10. The van der Waals surface area contributed by atoms with Crippen molar-refractivity contribution in [2.45, 2.75) is 19.5 Å². The van der Waals surface area contributed by atoms with Gasteiger partial charge in [-0.15, -0.1) is 0 Å². The number of benzene rings is 2. The largest absolute Gasteiger partial charge is 0.508 e. The minimum Gasteiger partial charge on any atom is -0.508 e. The fourth-order valence-corrected chi connectivity index (χ4v) is 2.42. The third-order valence-electron chi connectivity index (χ3n) is 3.12. The monoisotopic (exact) mass is 329 g/mol. The van der Waals surface area contributed by atoms with Crippen LogP contribution in [0.1, 0.15) is 24.1 Å². The normalized spacial score (nSPS) is 12.4. The standard InChI is InChI=1S/C15H14Cl3NO/c1-9(10-5-6-13(17)14(18)7-10)19-8-11-12(16)3-2-4-15(11)20/h2-7,9,19-20H,8H2,1H3. The zero-order valence-corrected chi connectivity index (χ0v) is 13.1. The van der Waals surface area contributed by atoms with Crippen molar-refractivity contribution in [1.82, 2.24) is 5.32 Å². The number of hydrogen-bond donors (Lipinski definition) is 2. The lowest BCUT2D eigenvalue weighted by Crippen LogP contribution is -2.18. The lowest BCUT2D eigenvalue weighted by atomic mass is 10.1. The van der Waals surface area contributed by atoms with Crippen LogP contribution in [0, 0.1) is 0 Å². The summed E-state index contributed by atoms with van der Waals surface area (Å²) < 4.78 is 0. The van der Waals surface area contributed by atoms with Crippen LogP contribution in [-0.2, 0) is 6.54 Å². The molecule has 2 N–H and O–H groups in total. The molecule has 2 nitrogen and oxygen atoms in total. The Morgan fingerprint density at radius 1 is 1.05 bits per heavy atom. The molecule has 0 saturated heterocycles. The lowest BCUT2D eigenvalue weighted by molar-refractivity contribution is 0.460. The molecule has 0 spiro atoms. The highest BCUT2D eigenvalue weighted by molar-refractivity contribution is 6.42. The summed E-state index contributed by atoms with van der Waals surface area (Å²) in [5.74, 6) is 0.186. The molecule has 2 aromatic carbocycles. The van der Waals surface area contributed by atoms with E-state index in [0.717, 1.165) is 5.56 Å². The van der Waals surface area contributed by atoms with Gasteiger partial charge in [-0.3, -0.25) is 0 Å². The lowest BCUT2D eigenvalue weighted by Gasteiger charge is -2.16. The van der Waals surface area contributed by atoms with Crippen molar-refractivity contribution in [2.24, 2.45) is 0 Å². The second-order valence-corrected chi connectivity index (χ2v) is 5.74. The molecular formula is C15H14Cl3NO. The fourth-order valence-electron chi connectivity index (χ4n) is 1.88. The van der Waals surface area contributed by atoms with E-state index in [1.807, 2.05) is 19.1 Å². The van der Waals surface area contributed by atoms with Crippen LogP contribution < -0.4 is 5.32 Å². The summed E-state index contributed by atoms with van der Waals surface area (Å²) in [6.07, 6.45) is 0. The molecule has 5 heteroatoms. The van der Waals surface area contributed by atoms with Crippen LogP contribution in [0.3, 0.4) is 0 Å². The average Bonchev–Trinajstić information content (AvgIpc) is 2.41. The third kappa shape index (κ3) is 3.58. The Hall–Kier alpha value is -0.930. The summed E-state index contributed by atoms with van der Waals surface area (Å²) in [7, 11) is 0. The Morgan fingerprint density at radius 2 is 1.80 bits per heavy atom. The molecule has 0 aliphatic rings. The molecule has 0 heterocycles. The molecule has 0 radical (unpaired) electrons. The first-order valence-electron chi connectivity index (χ1n) is 6.13. The topological polar surface area (TPSA) is 32.3 Å². The Kier molecular flexibility index (Phi) is 5.17. The molecule has 0 fully saturated rings. The van der Waals surface area contributed by atoms with Crippen LogP contribution in [0.2, 0.25) is 15.1 Å². The highest BCUT2D eigenvalue weighted by Crippen LogP contribution is 2.28. The first-order valence-corrected chi connectivity index (χ1v) is 7.27. The van der Waals surface area contributed by atoms with Crippen molar-refractivity contribution in [2.75, 3.05) is 0 Å². The number of nitrogens with one attached hydrogen (secondary N) is 1. The van der Waals surface area contributed by atoms with E-state index >= 15 is 0 Å². The molecule has 0 aliphatic carbocycles. The summed E-state index contributed by atoms with van der Waals surface area (Å²) in [5, 5.41) is 14.7. The van der Waals surface area contributed by atoms with Gasteiger partial charge in [-0.1, -0.05) is 46.9 Å². The van der Waals surface area contributed by atoms with Gasteiger partial charge < -0.3 is 10.4 Å². The first kappa shape index (κ1) is 15.5. The van der Waals surface area contributed by atoms with Crippen LogP contribution in [0.25, 0.3) is 0 Å². The maximum atomic E-state index is 9.79. The van der Waals surface area contributed by atoms with E-state index in [4.69, 9.17) is 34.8 Å². The van der Waals surface area contributed by atoms with Gasteiger partial charge in [-0.2, -0.15) is 0 Å². The van der Waals surface area contributed by atoms with Gasteiger partial charge in [0.25, 0.3) is 0 Å². The van der Waals surface area contributed by atoms with Crippen LogP contribution in [0.5, 0.6) is 5.75 Å². The second kappa shape index (κ2) is 6.68. The minimum atomic E-state index is 0.0560. The minimum absolute atomic E-state index is 0.0560.